The van der Waals surface area contributed by atoms with Crippen LogP contribution in [0.15, 0.2) is 24.3 Å². The molecule has 0 bridgehead atoms. The van der Waals surface area contributed by atoms with E-state index < -0.39 is 9.84 Å². The fraction of sp³-hybridized carbons (Fsp3) is 0.588. The molecule has 1 aliphatic rings. The SMILES string of the molecule is COc1ccccc1OCNC(=O)N(CCN(C)C)C1CCS(=O)(=O)C1. The first-order chi connectivity index (χ1) is 12.3. The number of sulfone groups is 1. The Balaban J connectivity index is 1.95. The van der Waals surface area contributed by atoms with Crippen LogP contribution in [0.3, 0.4) is 0 Å². The fourth-order valence-corrected chi connectivity index (χ4v) is 4.52. The molecule has 1 unspecified atom stereocenters. The number of carbonyl (C=O) groups excluding carboxylic acids is 1. The number of methoxy groups -OCH3 is 1. The number of hydrogen-bond donors (Lipinski definition) is 1. The number of para-hydroxylation sites is 2. The lowest BCUT2D eigenvalue weighted by atomic mass is 10.2. The van der Waals surface area contributed by atoms with E-state index >= 15 is 0 Å². The van der Waals surface area contributed by atoms with Gasteiger partial charge >= 0.3 is 6.03 Å². The molecule has 1 atom stereocenters. The van der Waals surface area contributed by atoms with Gasteiger partial charge in [0.2, 0.25) is 0 Å². The van der Waals surface area contributed by atoms with E-state index in [0.29, 0.717) is 31.0 Å². The zero-order chi connectivity index (χ0) is 19.2. The molecule has 0 aromatic heterocycles. The average molecular weight is 385 g/mol. The molecule has 1 heterocycles. The van der Waals surface area contributed by atoms with Crippen molar-refractivity contribution < 1.29 is 22.7 Å². The highest BCUT2D eigenvalue weighted by Gasteiger charge is 2.34. The van der Waals surface area contributed by atoms with E-state index in [1.807, 2.05) is 31.1 Å². The van der Waals surface area contributed by atoms with Crippen molar-refractivity contribution >= 4 is 15.9 Å². The molecule has 1 N–H and O–H groups in total. The molecule has 1 aromatic rings. The summed E-state index contributed by atoms with van der Waals surface area (Å²) in [4.78, 5) is 16.1. The standard InChI is InChI=1S/C17H27N3O5S/c1-19(2)9-10-20(14-8-11-26(22,23)12-14)17(21)18-13-25-16-7-5-4-6-15(16)24-3/h4-7,14H,8-13H2,1-3H3,(H,18,21). The Hall–Kier alpha value is -2.00. The molecule has 0 radical (unpaired) electrons. The van der Waals surface area contributed by atoms with Gasteiger partial charge in [0.15, 0.2) is 28.1 Å². The number of amides is 2. The van der Waals surface area contributed by atoms with Crippen LogP contribution in [0.25, 0.3) is 0 Å². The van der Waals surface area contributed by atoms with Crippen LogP contribution in [0, 0.1) is 0 Å². The second-order valence-electron chi connectivity index (χ2n) is 6.47. The van der Waals surface area contributed by atoms with Gasteiger partial charge in [-0.2, -0.15) is 0 Å². The number of nitrogens with one attached hydrogen (secondary N) is 1. The molecule has 8 nitrogen and oxygen atoms in total. The molecule has 146 valence electrons. The highest BCUT2D eigenvalue weighted by atomic mass is 32.2. The van der Waals surface area contributed by atoms with Crippen LogP contribution >= 0.6 is 0 Å². The van der Waals surface area contributed by atoms with Gasteiger partial charge < -0.3 is 24.6 Å². The Morgan fingerprint density at radius 2 is 1.92 bits per heavy atom. The zero-order valence-corrected chi connectivity index (χ0v) is 16.3. The Kier molecular flexibility index (Phi) is 7.10. The van der Waals surface area contributed by atoms with E-state index in [4.69, 9.17) is 9.47 Å². The first-order valence-corrected chi connectivity index (χ1v) is 10.3. The highest BCUT2D eigenvalue weighted by molar-refractivity contribution is 7.91. The number of urea groups is 1. The number of ether oxygens (including phenoxy) is 2. The summed E-state index contributed by atoms with van der Waals surface area (Å²) >= 11 is 0. The van der Waals surface area contributed by atoms with Crippen molar-refractivity contribution in [2.45, 2.75) is 12.5 Å². The van der Waals surface area contributed by atoms with Crippen LogP contribution < -0.4 is 14.8 Å². The van der Waals surface area contributed by atoms with Crippen molar-refractivity contribution in [3.63, 3.8) is 0 Å². The van der Waals surface area contributed by atoms with Gasteiger partial charge in [-0.15, -0.1) is 0 Å². The second kappa shape index (κ2) is 9.09. The lowest BCUT2D eigenvalue weighted by Crippen LogP contribution is -2.49. The van der Waals surface area contributed by atoms with Gasteiger partial charge in [0, 0.05) is 19.1 Å². The molecule has 9 heteroatoms. The molecule has 0 aliphatic carbocycles. The van der Waals surface area contributed by atoms with Gasteiger partial charge in [-0.25, -0.2) is 13.2 Å². The third-order valence-corrected chi connectivity index (χ3v) is 5.97. The molecular weight excluding hydrogens is 358 g/mol. The van der Waals surface area contributed by atoms with E-state index in [1.165, 1.54) is 0 Å². The van der Waals surface area contributed by atoms with Crippen LogP contribution in [0.2, 0.25) is 0 Å². The summed E-state index contributed by atoms with van der Waals surface area (Å²) in [6.45, 7) is 1.07. The van der Waals surface area contributed by atoms with Crippen LogP contribution in [0.1, 0.15) is 6.42 Å². The van der Waals surface area contributed by atoms with Crippen molar-refractivity contribution in [3.05, 3.63) is 24.3 Å². The van der Waals surface area contributed by atoms with Crippen LogP contribution in [-0.4, -0.2) is 82.8 Å². The van der Waals surface area contributed by atoms with E-state index in [-0.39, 0.29) is 30.3 Å². The smallest absolute Gasteiger partial charge is 0.320 e. The summed E-state index contributed by atoms with van der Waals surface area (Å²) in [6, 6.07) is 6.53. The predicted molar refractivity (Wildman–Crippen MR) is 99.3 cm³/mol. The van der Waals surface area contributed by atoms with Crippen molar-refractivity contribution in [3.8, 4) is 11.5 Å². The number of benzene rings is 1. The lowest BCUT2D eigenvalue weighted by molar-refractivity contribution is 0.162. The van der Waals surface area contributed by atoms with Gasteiger partial charge in [-0.05, 0) is 32.6 Å². The minimum absolute atomic E-state index is 0.0151. The molecule has 1 saturated heterocycles. The monoisotopic (exact) mass is 385 g/mol. The zero-order valence-electron chi connectivity index (χ0n) is 15.5. The summed E-state index contributed by atoms with van der Waals surface area (Å²) in [5, 5.41) is 2.71. The molecule has 1 aliphatic heterocycles. The number of likely N-dealkylation sites (N-methyl/N-ethyl adjacent to an activating group) is 1. The van der Waals surface area contributed by atoms with Gasteiger partial charge in [0.05, 0.1) is 18.6 Å². The van der Waals surface area contributed by atoms with E-state index in [0.717, 1.165) is 0 Å². The third kappa shape index (κ3) is 5.77. The number of nitrogens with zero attached hydrogens (tertiary/aromatic N) is 2. The first kappa shape index (κ1) is 20.3. The molecule has 2 rings (SSSR count). The second-order valence-corrected chi connectivity index (χ2v) is 8.70. The van der Waals surface area contributed by atoms with Gasteiger partial charge in [0.25, 0.3) is 0 Å². The van der Waals surface area contributed by atoms with Crippen LogP contribution in [0.5, 0.6) is 11.5 Å². The Labute approximate surface area is 155 Å². The molecular formula is C17H27N3O5S. The van der Waals surface area contributed by atoms with Crippen molar-refractivity contribution in [2.24, 2.45) is 0 Å². The summed E-state index contributed by atoms with van der Waals surface area (Å²) in [5.74, 6) is 1.24. The topological polar surface area (TPSA) is 88.2 Å². The summed E-state index contributed by atoms with van der Waals surface area (Å²) in [5.41, 5.74) is 0. The Bertz CT molecular complexity index is 708. The maximum atomic E-state index is 12.6. The third-order valence-electron chi connectivity index (χ3n) is 4.22. The predicted octanol–water partition coefficient (Wildman–Crippen LogP) is 0.792. The molecule has 1 fully saturated rings. The van der Waals surface area contributed by atoms with E-state index in [2.05, 4.69) is 5.32 Å². The van der Waals surface area contributed by atoms with Gasteiger partial charge in [-0.1, -0.05) is 12.1 Å². The van der Waals surface area contributed by atoms with E-state index in [1.54, 1.807) is 24.1 Å². The van der Waals surface area contributed by atoms with Gasteiger partial charge in [0.1, 0.15) is 0 Å². The minimum atomic E-state index is -3.07. The highest BCUT2D eigenvalue weighted by Crippen LogP contribution is 2.25. The first-order valence-electron chi connectivity index (χ1n) is 8.48. The normalized spacial score (nSPS) is 18.5. The number of rotatable bonds is 8. The van der Waals surface area contributed by atoms with Crippen molar-refractivity contribution in [2.75, 3.05) is 52.5 Å². The van der Waals surface area contributed by atoms with Gasteiger partial charge in [-0.3, -0.25) is 0 Å². The molecule has 26 heavy (non-hydrogen) atoms. The van der Waals surface area contributed by atoms with E-state index in [9.17, 15) is 13.2 Å². The summed E-state index contributed by atoms with van der Waals surface area (Å²) in [7, 11) is 2.30. The maximum Gasteiger partial charge on any atom is 0.320 e. The maximum absolute atomic E-state index is 12.6. The van der Waals surface area contributed by atoms with Crippen LogP contribution in [-0.2, 0) is 9.84 Å². The number of hydrogen-bond acceptors (Lipinski definition) is 6. The molecule has 0 spiro atoms. The van der Waals surface area contributed by atoms with Crippen molar-refractivity contribution in [1.82, 2.24) is 15.1 Å². The fourth-order valence-electron chi connectivity index (χ4n) is 2.79. The molecule has 1 aromatic carbocycles. The molecule has 0 saturated carbocycles. The molecule has 2 amide bonds. The summed E-state index contributed by atoms with van der Waals surface area (Å²) < 4.78 is 34.3. The Morgan fingerprint density at radius 3 is 2.50 bits per heavy atom. The largest absolute Gasteiger partial charge is 0.493 e. The van der Waals surface area contributed by atoms with Crippen LogP contribution in [0.4, 0.5) is 4.79 Å². The average Bonchev–Trinajstić information content (AvgIpc) is 2.95. The minimum Gasteiger partial charge on any atom is -0.493 e. The summed E-state index contributed by atoms with van der Waals surface area (Å²) in [6.07, 6.45) is 0.469. The lowest BCUT2D eigenvalue weighted by Gasteiger charge is -2.29. The quantitative estimate of drug-likeness (QED) is 0.666. The van der Waals surface area contributed by atoms with Crippen molar-refractivity contribution in [1.29, 1.82) is 0 Å². The Morgan fingerprint density at radius 1 is 1.23 bits per heavy atom. The number of carbonyl (C=O) groups is 1.